The van der Waals surface area contributed by atoms with Crippen LogP contribution in [0.1, 0.15) is 40.5 Å². The summed E-state index contributed by atoms with van der Waals surface area (Å²) in [6, 6.07) is 0. The van der Waals surface area contributed by atoms with Gasteiger partial charge in [0.2, 0.25) is 5.91 Å². The summed E-state index contributed by atoms with van der Waals surface area (Å²) in [5, 5.41) is 6.62. The Bertz CT molecular complexity index is 296. The van der Waals surface area contributed by atoms with E-state index in [2.05, 4.69) is 43.3 Å². The minimum absolute atomic E-state index is 0.0122. The smallest absolute Gasteiger partial charge is 0.243 e. The molecule has 0 aliphatic heterocycles. The molecule has 1 amide bonds. The molecule has 0 aromatic rings. The number of amides is 1. The Kier molecular flexibility index (Phi) is 9.86. The highest BCUT2D eigenvalue weighted by Crippen LogP contribution is 2.04. The molecule has 0 bridgehead atoms. The van der Waals surface area contributed by atoms with Crippen LogP contribution in [-0.4, -0.2) is 50.5 Å². The topological polar surface area (TPSA) is 56.7 Å². The van der Waals surface area contributed by atoms with Crippen molar-refractivity contribution in [2.24, 2.45) is 16.8 Å². The van der Waals surface area contributed by atoms with Crippen molar-refractivity contribution in [1.29, 1.82) is 0 Å². The van der Waals surface area contributed by atoms with Gasteiger partial charge in [-0.3, -0.25) is 4.79 Å². The number of nitrogens with zero attached hydrogens (tertiary/aromatic N) is 2. The van der Waals surface area contributed by atoms with E-state index in [1.54, 1.807) is 19.0 Å². The van der Waals surface area contributed by atoms with E-state index in [9.17, 15) is 4.79 Å². The summed E-state index contributed by atoms with van der Waals surface area (Å²) < 4.78 is 0. The van der Waals surface area contributed by atoms with E-state index in [0.717, 1.165) is 31.9 Å². The van der Waals surface area contributed by atoms with Gasteiger partial charge in [0, 0.05) is 27.2 Å². The van der Waals surface area contributed by atoms with Crippen LogP contribution in [0.2, 0.25) is 0 Å². The van der Waals surface area contributed by atoms with Gasteiger partial charge in [0.25, 0.3) is 0 Å². The first-order chi connectivity index (χ1) is 9.40. The molecule has 2 N–H and O–H groups in total. The zero-order chi connectivity index (χ0) is 15.5. The van der Waals surface area contributed by atoms with Gasteiger partial charge in [0.05, 0.1) is 0 Å². The molecular formula is C15H32N4O. The molecule has 0 radical (unpaired) electrons. The molecule has 0 saturated carbocycles. The van der Waals surface area contributed by atoms with Gasteiger partial charge in [0.15, 0.2) is 5.96 Å². The molecule has 0 aliphatic carbocycles. The Hall–Kier alpha value is -1.26. The minimum Gasteiger partial charge on any atom is -0.356 e. The minimum atomic E-state index is 0.0122. The number of hydrogen-bond acceptors (Lipinski definition) is 2. The highest BCUT2D eigenvalue weighted by atomic mass is 16.2. The summed E-state index contributed by atoms with van der Waals surface area (Å²) in [4.78, 5) is 17.5. The summed E-state index contributed by atoms with van der Waals surface area (Å²) in [7, 11) is 3.49. The van der Waals surface area contributed by atoms with Gasteiger partial charge in [-0.2, -0.15) is 0 Å². The van der Waals surface area contributed by atoms with Gasteiger partial charge < -0.3 is 15.5 Å². The quantitative estimate of drug-likeness (QED) is 0.527. The molecule has 5 nitrogen and oxygen atoms in total. The second kappa shape index (κ2) is 10.5. The summed E-state index contributed by atoms with van der Waals surface area (Å²) in [5.74, 6) is 1.93. The summed E-state index contributed by atoms with van der Waals surface area (Å²) >= 11 is 0. The highest BCUT2D eigenvalue weighted by molar-refractivity contribution is 5.84. The molecule has 0 heterocycles. The van der Waals surface area contributed by atoms with Crippen molar-refractivity contribution in [3.05, 3.63) is 0 Å². The molecule has 0 aromatic heterocycles. The third-order valence-electron chi connectivity index (χ3n) is 3.26. The molecule has 0 spiro atoms. The van der Waals surface area contributed by atoms with Crippen molar-refractivity contribution in [1.82, 2.24) is 15.5 Å². The standard InChI is InChI=1S/C15H32N4O/c1-7-13(8-2)10-17-15(16-9-12(3)4)18-11-14(20)19(5)6/h12-13H,7-11H2,1-6H3,(H2,16,17,18). The summed E-state index contributed by atoms with van der Waals surface area (Å²) in [6.45, 7) is 10.6. The fourth-order valence-electron chi connectivity index (χ4n) is 1.58. The molecule has 0 fully saturated rings. The molecule has 0 aliphatic rings. The molecule has 0 aromatic carbocycles. The number of hydrogen-bond donors (Lipinski definition) is 2. The van der Waals surface area contributed by atoms with Gasteiger partial charge in [-0.15, -0.1) is 0 Å². The van der Waals surface area contributed by atoms with Crippen LogP contribution < -0.4 is 10.6 Å². The van der Waals surface area contributed by atoms with Crippen LogP contribution in [0.25, 0.3) is 0 Å². The van der Waals surface area contributed by atoms with E-state index in [0.29, 0.717) is 11.8 Å². The maximum Gasteiger partial charge on any atom is 0.243 e. The average Bonchev–Trinajstić information content (AvgIpc) is 2.41. The zero-order valence-corrected chi connectivity index (χ0v) is 14.0. The van der Waals surface area contributed by atoms with Crippen LogP contribution in [0, 0.1) is 11.8 Å². The molecule has 118 valence electrons. The number of nitrogens with one attached hydrogen (secondary N) is 2. The van der Waals surface area contributed by atoms with E-state index in [1.807, 2.05) is 0 Å². The first-order valence-corrected chi connectivity index (χ1v) is 7.62. The Morgan fingerprint density at radius 1 is 1.10 bits per heavy atom. The van der Waals surface area contributed by atoms with Gasteiger partial charge in [-0.25, -0.2) is 4.99 Å². The first kappa shape index (κ1) is 18.7. The van der Waals surface area contributed by atoms with Crippen LogP contribution in [0.15, 0.2) is 4.99 Å². The van der Waals surface area contributed by atoms with Gasteiger partial charge >= 0.3 is 0 Å². The largest absolute Gasteiger partial charge is 0.356 e. The van der Waals surface area contributed by atoms with Crippen molar-refractivity contribution in [2.75, 3.05) is 33.7 Å². The lowest BCUT2D eigenvalue weighted by atomic mass is 10.0. The third kappa shape index (κ3) is 8.77. The normalized spacial score (nSPS) is 11.9. The molecule has 0 atom stereocenters. The first-order valence-electron chi connectivity index (χ1n) is 7.62. The van der Waals surface area contributed by atoms with E-state index < -0.39 is 0 Å². The number of guanidine groups is 1. The van der Waals surface area contributed by atoms with Crippen LogP contribution in [0.4, 0.5) is 0 Å². The van der Waals surface area contributed by atoms with Crippen molar-refractivity contribution >= 4 is 11.9 Å². The lowest BCUT2D eigenvalue weighted by Crippen LogP contribution is -2.42. The lowest BCUT2D eigenvalue weighted by Gasteiger charge is -2.18. The molecule has 0 saturated heterocycles. The predicted molar refractivity (Wildman–Crippen MR) is 85.9 cm³/mol. The molecular weight excluding hydrogens is 252 g/mol. The van der Waals surface area contributed by atoms with Crippen molar-refractivity contribution < 1.29 is 4.79 Å². The van der Waals surface area contributed by atoms with Gasteiger partial charge in [-0.05, 0) is 11.8 Å². The van der Waals surface area contributed by atoms with E-state index in [4.69, 9.17) is 0 Å². The molecule has 0 unspecified atom stereocenters. The number of carbonyl (C=O) groups excluding carboxylic acids is 1. The average molecular weight is 284 g/mol. The molecule has 5 heteroatoms. The maximum absolute atomic E-state index is 11.6. The lowest BCUT2D eigenvalue weighted by molar-refractivity contribution is -0.127. The van der Waals surface area contributed by atoms with E-state index in [1.165, 1.54) is 0 Å². The number of rotatable bonds is 8. The zero-order valence-electron chi connectivity index (χ0n) is 14.0. The Morgan fingerprint density at radius 3 is 2.10 bits per heavy atom. The fourth-order valence-corrected chi connectivity index (χ4v) is 1.58. The third-order valence-corrected chi connectivity index (χ3v) is 3.26. The van der Waals surface area contributed by atoms with Crippen molar-refractivity contribution in [3.63, 3.8) is 0 Å². The van der Waals surface area contributed by atoms with Crippen molar-refractivity contribution in [3.8, 4) is 0 Å². The number of carbonyl (C=O) groups is 1. The van der Waals surface area contributed by atoms with Gasteiger partial charge in [-0.1, -0.05) is 40.5 Å². The molecule has 20 heavy (non-hydrogen) atoms. The Morgan fingerprint density at radius 2 is 1.65 bits per heavy atom. The summed E-state index contributed by atoms with van der Waals surface area (Å²) in [6.07, 6.45) is 2.30. The maximum atomic E-state index is 11.6. The summed E-state index contributed by atoms with van der Waals surface area (Å²) in [5.41, 5.74) is 0. The highest BCUT2D eigenvalue weighted by Gasteiger charge is 2.07. The Labute approximate surface area is 124 Å². The van der Waals surface area contributed by atoms with Crippen molar-refractivity contribution in [2.45, 2.75) is 40.5 Å². The number of likely N-dealkylation sites (N-methyl/N-ethyl adjacent to an activating group) is 1. The van der Waals surface area contributed by atoms with Crippen LogP contribution in [-0.2, 0) is 4.79 Å². The van der Waals surface area contributed by atoms with E-state index in [-0.39, 0.29) is 12.5 Å². The van der Waals surface area contributed by atoms with E-state index >= 15 is 0 Å². The SMILES string of the molecule is CCC(CC)CNC(=NCC(=O)N(C)C)NCC(C)C. The fraction of sp³-hybridized carbons (Fsp3) is 0.867. The van der Waals surface area contributed by atoms with Crippen LogP contribution in [0.5, 0.6) is 0 Å². The predicted octanol–water partition coefficient (Wildman–Crippen LogP) is 1.70. The second-order valence-electron chi connectivity index (χ2n) is 5.79. The van der Waals surface area contributed by atoms with Gasteiger partial charge in [0.1, 0.15) is 6.54 Å². The monoisotopic (exact) mass is 284 g/mol. The Balaban J connectivity index is 4.46. The number of aliphatic imine (C=N–C) groups is 1. The van der Waals surface area contributed by atoms with Crippen LogP contribution in [0.3, 0.4) is 0 Å². The van der Waals surface area contributed by atoms with Crippen LogP contribution >= 0.6 is 0 Å². The molecule has 0 rings (SSSR count). The second-order valence-corrected chi connectivity index (χ2v) is 5.79.